The lowest BCUT2D eigenvalue weighted by molar-refractivity contribution is 0.190. The molecule has 2 aromatic carbocycles. The third-order valence-corrected chi connectivity index (χ3v) is 3.94. The third-order valence-electron chi connectivity index (χ3n) is 3.94. The highest BCUT2D eigenvalue weighted by Crippen LogP contribution is 2.24. The van der Waals surface area contributed by atoms with Crippen molar-refractivity contribution in [1.82, 2.24) is 5.32 Å². The van der Waals surface area contributed by atoms with E-state index < -0.39 is 0 Å². The summed E-state index contributed by atoms with van der Waals surface area (Å²) in [5.41, 5.74) is 2.73. The van der Waals surface area contributed by atoms with Gasteiger partial charge in [0.05, 0.1) is 6.61 Å². The molecule has 1 heterocycles. The first kappa shape index (κ1) is 13.3. The van der Waals surface area contributed by atoms with Gasteiger partial charge in [-0.25, -0.2) is 0 Å². The van der Waals surface area contributed by atoms with Crippen molar-refractivity contribution in [2.75, 3.05) is 19.8 Å². The lowest BCUT2D eigenvalue weighted by Gasteiger charge is -2.21. The highest BCUT2D eigenvalue weighted by Gasteiger charge is 2.19. The van der Waals surface area contributed by atoms with Gasteiger partial charge in [-0.3, -0.25) is 0 Å². The molecular weight excluding hydrogens is 246 g/mol. The van der Waals surface area contributed by atoms with Crippen molar-refractivity contribution in [2.45, 2.75) is 18.4 Å². The van der Waals surface area contributed by atoms with Gasteiger partial charge in [0.25, 0.3) is 0 Å². The molecule has 2 nitrogen and oxygen atoms in total. The standard InChI is InChI=1S/C18H21NO/c1-3-7-15(8-4-1)18(16-9-5-2-6-10-16)13-19-17-11-12-20-14-17/h1-10,17-19H,11-14H2. The molecular formula is C18H21NO. The molecule has 2 aromatic rings. The Balaban J connectivity index is 1.76. The van der Waals surface area contributed by atoms with E-state index in [9.17, 15) is 0 Å². The summed E-state index contributed by atoms with van der Waals surface area (Å²) in [6, 6.07) is 22.0. The van der Waals surface area contributed by atoms with Crippen LogP contribution in [0, 0.1) is 0 Å². The van der Waals surface area contributed by atoms with Crippen LogP contribution in [0.2, 0.25) is 0 Å². The molecule has 0 radical (unpaired) electrons. The minimum absolute atomic E-state index is 0.401. The van der Waals surface area contributed by atoms with Gasteiger partial charge < -0.3 is 10.1 Å². The van der Waals surface area contributed by atoms with E-state index in [1.165, 1.54) is 11.1 Å². The first-order valence-electron chi connectivity index (χ1n) is 7.34. The van der Waals surface area contributed by atoms with E-state index in [1.807, 2.05) is 0 Å². The van der Waals surface area contributed by atoms with Crippen LogP contribution in [0.1, 0.15) is 23.5 Å². The molecule has 0 saturated carbocycles. The molecule has 1 saturated heterocycles. The van der Waals surface area contributed by atoms with Crippen LogP contribution in [-0.2, 0) is 4.74 Å². The molecule has 1 atom stereocenters. The monoisotopic (exact) mass is 267 g/mol. The summed E-state index contributed by atoms with van der Waals surface area (Å²) in [5, 5.41) is 3.65. The molecule has 1 N–H and O–H groups in total. The van der Waals surface area contributed by atoms with Gasteiger partial charge in [-0.2, -0.15) is 0 Å². The molecule has 1 aliphatic rings. The van der Waals surface area contributed by atoms with Crippen LogP contribution in [0.5, 0.6) is 0 Å². The summed E-state index contributed by atoms with van der Waals surface area (Å²) in [5.74, 6) is 0.401. The molecule has 0 spiro atoms. The van der Waals surface area contributed by atoms with Gasteiger partial charge in [-0.1, -0.05) is 60.7 Å². The van der Waals surface area contributed by atoms with E-state index in [0.29, 0.717) is 12.0 Å². The smallest absolute Gasteiger partial charge is 0.0620 e. The molecule has 0 aliphatic carbocycles. The predicted molar refractivity (Wildman–Crippen MR) is 82.0 cm³/mol. The molecule has 104 valence electrons. The number of nitrogens with one attached hydrogen (secondary N) is 1. The molecule has 20 heavy (non-hydrogen) atoms. The Morgan fingerprint density at radius 3 is 2.05 bits per heavy atom. The Morgan fingerprint density at radius 2 is 1.55 bits per heavy atom. The van der Waals surface area contributed by atoms with Crippen LogP contribution in [0.3, 0.4) is 0 Å². The highest BCUT2D eigenvalue weighted by molar-refractivity contribution is 5.32. The fourth-order valence-electron chi connectivity index (χ4n) is 2.78. The predicted octanol–water partition coefficient (Wildman–Crippen LogP) is 3.20. The van der Waals surface area contributed by atoms with Crippen LogP contribution < -0.4 is 5.32 Å². The molecule has 3 rings (SSSR count). The van der Waals surface area contributed by atoms with Crippen molar-refractivity contribution in [3.05, 3.63) is 71.8 Å². The Morgan fingerprint density at radius 1 is 0.950 bits per heavy atom. The largest absolute Gasteiger partial charge is 0.380 e. The second-order valence-electron chi connectivity index (χ2n) is 5.34. The fraction of sp³-hybridized carbons (Fsp3) is 0.333. The van der Waals surface area contributed by atoms with Crippen molar-refractivity contribution in [1.29, 1.82) is 0 Å². The fourth-order valence-corrected chi connectivity index (χ4v) is 2.78. The minimum atomic E-state index is 0.401. The van der Waals surface area contributed by atoms with Crippen LogP contribution >= 0.6 is 0 Å². The van der Waals surface area contributed by atoms with Gasteiger partial charge in [-0.05, 0) is 17.5 Å². The average molecular weight is 267 g/mol. The zero-order chi connectivity index (χ0) is 13.6. The summed E-state index contributed by atoms with van der Waals surface area (Å²) < 4.78 is 5.44. The van der Waals surface area contributed by atoms with Crippen molar-refractivity contribution in [3.8, 4) is 0 Å². The van der Waals surface area contributed by atoms with Crippen LogP contribution in [0.4, 0.5) is 0 Å². The van der Waals surface area contributed by atoms with E-state index in [1.54, 1.807) is 0 Å². The molecule has 2 heteroatoms. The minimum Gasteiger partial charge on any atom is -0.380 e. The zero-order valence-corrected chi connectivity index (χ0v) is 11.7. The number of ether oxygens (including phenoxy) is 1. The van der Waals surface area contributed by atoms with E-state index in [4.69, 9.17) is 4.74 Å². The zero-order valence-electron chi connectivity index (χ0n) is 11.7. The van der Waals surface area contributed by atoms with E-state index in [0.717, 1.165) is 26.2 Å². The van der Waals surface area contributed by atoms with Crippen molar-refractivity contribution < 1.29 is 4.74 Å². The van der Waals surface area contributed by atoms with Gasteiger partial charge in [0, 0.05) is 25.1 Å². The Kier molecular flexibility index (Phi) is 4.46. The van der Waals surface area contributed by atoms with Gasteiger partial charge in [0.2, 0.25) is 0 Å². The number of benzene rings is 2. The second-order valence-corrected chi connectivity index (χ2v) is 5.34. The van der Waals surface area contributed by atoms with Gasteiger partial charge in [0.1, 0.15) is 0 Å². The first-order chi connectivity index (χ1) is 9.93. The number of hydrogen-bond acceptors (Lipinski definition) is 2. The van der Waals surface area contributed by atoms with Crippen molar-refractivity contribution in [2.24, 2.45) is 0 Å². The van der Waals surface area contributed by atoms with Gasteiger partial charge >= 0.3 is 0 Å². The molecule has 0 bridgehead atoms. The maximum absolute atomic E-state index is 5.44. The molecule has 1 aliphatic heterocycles. The first-order valence-corrected chi connectivity index (χ1v) is 7.34. The van der Waals surface area contributed by atoms with Crippen molar-refractivity contribution in [3.63, 3.8) is 0 Å². The topological polar surface area (TPSA) is 21.3 Å². The van der Waals surface area contributed by atoms with Crippen LogP contribution in [0.15, 0.2) is 60.7 Å². The van der Waals surface area contributed by atoms with Crippen molar-refractivity contribution >= 4 is 0 Å². The summed E-state index contributed by atoms with van der Waals surface area (Å²) in [6.07, 6.45) is 1.12. The summed E-state index contributed by atoms with van der Waals surface area (Å²) >= 11 is 0. The summed E-state index contributed by atoms with van der Waals surface area (Å²) in [6.45, 7) is 2.69. The quantitative estimate of drug-likeness (QED) is 0.898. The Hall–Kier alpha value is -1.64. The Labute approximate surface area is 120 Å². The van der Waals surface area contributed by atoms with Crippen LogP contribution in [0.25, 0.3) is 0 Å². The lowest BCUT2D eigenvalue weighted by Crippen LogP contribution is -2.33. The molecule has 0 amide bonds. The summed E-state index contributed by atoms with van der Waals surface area (Å²) in [4.78, 5) is 0. The van der Waals surface area contributed by atoms with E-state index in [-0.39, 0.29) is 0 Å². The normalized spacial score (nSPS) is 18.6. The number of hydrogen-bond donors (Lipinski definition) is 1. The van der Waals surface area contributed by atoms with Gasteiger partial charge in [-0.15, -0.1) is 0 Å². The van der Waals surface area contributed by atoms with Gasteiger partial charge in [0.15, 0.2) is 0 Å². The lowest BCUT2D eigenvalue weighted by atomic mass is 9.91. The molecule has 0 aromatic heterocycles. The van der Waals surface area contributed by atoms with E-state index in [2.05, 4.69) is 66.0 Å². The van der Waals surface area contributed by atoms with Crippen LogP contribution in [-0.4, -0.2) is 25.8 Å². The Bertz CT molecular complexity index is 466. The molecule has 1 unspecified atom stereocenters. The third kappa shape index (κ3) is 3.27. The molecule has 1 fully saturated rings. The summed E-state index contributed by atoms with van der Waals surface area (Å²) in [7, 11) is 0. The maximum atomic E-state index is 5.44. The average Bonchev–Trinajstić information content (AvgIpc) is 3.03. The number of rotatable bonds is 5. The highest BCUT2D eigenvalue weighted by atomic mass is 16.5. The maximum Gasteiger partial charge on any atom is 0.0620 e. The second kappa shape index (κ2) is 6.69. The SMILES string of the molecule is c1ccc(C(CNC2CCOC2)c2ccccc2)cc1. The van der Waals surface area contributed by atoms with E-state index >= 15 is 0 Å².